The summed E-state index contributed by atoms with van der Waals surface area (Å²) in [7, 11) is 0. The van der Waals surface area contributed by atoms with Gasteiger partial charge < -0.3 is 4.74 Å². The van der Waals surface area contributed by atoms with E-state index in [0.29, 0.717) is 36.1 Å². The number of ether oxygens (including phenoxy) is 1. The molecule has 1 nitrogen and oxygen atoms in total. The summed E-state index contributed by atoms with van der Waals surface area (Å²) >= 11 is 0. The monoisotopic (exact) mass is 456 g/mol. The predicted molar refractivity (Wildman–Crippen MR) is 130 cm³/mol. The van der Waals surface area contributed by atoms with Gasteiger partial charge in [-0.1, -0.05) is 85.5 Å². The minimum absolute atomic E-state index is 0.117. The van der Waals surface area contributed by atoms with Crippen LogP contribution in [0.25, 0.3) is 28.3 Å². The van der Waals surface area contributed by atoms with Crippen molar-refractivity contribution in [3.05, 3.63) is 125 Å². The zero-order valence-electron chi connectivity index (χ0n) is 18.5. The van der Waals surface area contributed by atoms with E-state index in [9.17, 15) is 13.2 Å². The first-order valence-corrected chi connectivity index (χ1v) is 11.2. The van der Waals surface area contributed by atoms with E-state index < -0.39 is 11.6 Å². The molecule has 1 aliphatic rings. The van der Waals surface area contributed by atoms with Crippen LogP contribution in [-0.4, -0.2) is 6.61 Å². The Hall–Kier alpha value is -3.63. The highest BCUT2D eigenvalue weighted by atomic mass is 19.2. The molecule has 1 heterocycles. The van der Waals surface area contributed by atoms with Gasteiger partial charge in [0.05, 0.1) is 6.61 Å². The lowest BCUT2D eigenvalue weighted by Crippen LogP contribution is -2.00. The molecule has 1 aliphatic heterocycles. The maximum Gasteiger partial charge on any atom is 0.166 e. The van der Waals surface area contributed by atoms with Crippen LogP contribution in [0.3, 0.4) is 0 Å². The van der Waals surface area contributed by atoms with Crippen molar-refractivity contribution in [2.75, 3.05) is 6.61 Å². The molecule has 0 spiro atoms. The highest BCUT2D eigenvalue weighted by Crippen LogP contribution is 2.34. The Morgan fingerprint density at radius 3 is 2.09 bits per heavy atom. The minimum Gasteiger partial charge on any atom is -0.368 e. The molecule has 1 fully saturated rings. The Morgan fingerprint density at radius 1 is 0.765 bits per heavy atom. The van der Waals surface area contributed by atoms with Crippen LogP contribution in [0.4, 0.5) is 13.2 Å². The van der Waals surface area contributed by atoms with E-state index in [-0.39, 0.29) is 17.5 Å². The molecule has 0 bridgehead atoms. The molecule has 0 radical (unpaired) electrons. The van der Waals surface area contributed by atoms with Gasteiger partial charge >= 0.3 is 0 Å². The molecule has 0 aliphatic carbocycles. The second-order valence-electron chi connectivity index (χ2n) is 8.48. The minimum atomic E-state index is -0.832. The van der Waals surface area contributed by atoms with Crippen LogP contribution >= 0.6 is 0 Å². The van der Waals surface area contributed by atoms with E-state index in [2.05, 4.69) is 6.58 Å². The zero-order valence-corrected chi connectivity index (χ0v) is 18.5. The molecule has 4 heteroatoms. The summed E-state index contributed by atoms with van der Waals surface area (Å²) < 4.78 is 49.0. The van der Waals surface area contributed by atoms with Gasteiger partial charge in [-0.3, -0.25) is 0 Å². The normalized spacial score (nSPS) is 14.7. The van der Waals surface area contributed by atoms with Gasteiger partial charge in [0, 0.05) is 11.1 Å². The van der Waals surface area contributed by atoms with Crippen molar-refractivity contribution in [2.24, 2.45) is 0 Å². The molecule has 1 atom stereocenters. The quantitative estimate of drug-likeness (QED) is 0.257. The fraction of sp³-hybridized carbons (Fsp3) is 0.133. The molecular weight excluding hydrogens is 433 g/mol. The Bertz CT molecular complexity index is 1340. The van der Waals surface area contributed by atoms with E-state index in [4.69, 9.17) is 4.74 Å². The number of halogens is 3. The maximum absolute atomic E-state index is 14.8. The van der Waals surface area contributed by atoms with Crippen molar-refractivity contribution in [1.82, 2.24) is 0 Å². The van der Waals surface area contributed by atoms with Crippen LogP contribution in [0.2, 0.25) is 0 Å². The van der Waals surface area contributed by atoms with E-state index in [1.165, 1.54) is 6.07 Å². The molecule has 0 amide bonds. The Morgan fingerprint density at radius 2 is 1.44 bits per heavy atom. The lowest BCUT2D eigenvalue weighted by molar-refractivity contribution is 0.408. The zero-order chi connectivity index (χ0) is 23.7. The van der Waals surface area contributed by atoms with E-state index in [1.54, 1.807) is 36.4 Å². The Kier molecular flexibility index (Phi) is 6.08. The second-order valence-corrected chi connectivity index (χ2v) is 8.48. The number of hydrogen-bond donors (Lipinski definition) is 0. The molecule has 34 heavy (non-hydrogen) atoms. The third-order valence-electron chi connectivity index (χ3n) is 6.27. The average molecular weight is 457 g/mol. The topological polar surface area (TPSA) is 12.5 Å². The first-order chi connectivity index (χ1) is 16.5. The number of epoxide rings is 1. The third-order valence-corrected chi connectivity index (χ3v) is 6.27. The summed E-state index contributed by atoms with van der Waals surface area (Å²) in [6.07, 6.45) is 2.53. The van der Waals surface area contributed by atoms with Crippen molar-refractivity contribution in [3.8, 4) is 22.3 Å². The summed E-state index contributed by atoms with van der Waals surface area (Å²) in [6.45, 7) is 4.27. The SMILES string of the molecule is C=Cc1ccc(-c2ccc(CCc3ccc(-c4ccc(C5CO5)c(F)c4)cc3)c(F)c2F)cc1. The largest absolute Gasteiger partial charge is 0.368 e. The van der Waals surface area contributed by atoms with Crippen molar-refractivity contribution in [2.45, 2.75) is 18.9 Å². The summed E-state index contributed by atoms with van der Waals surface area (Å²) in [5.74, 6) is -1.90. The fourth-order valence-corrected chi connectivity index (χ4v) is 4.14. The van der Waals surface area contributed by atoms with Gasteiger partial charge in [0.25, 0.3) is 0 Å². The van der Waals surface area contributed by atoms with Crippen LogP contribution in [-0.2, 0) is 17.6 Å². The van der Waals surface area contributed by atoms with Crippen molar-refractivity contribution < 1.29 is 17.9 Å². The fourth-order valence-electron chi connectivity index (χ4n) is 4.14. The lowest BCUT2D eigenvalue weighted by atomic mass is 9.97. The molecule has 0 aromatic heterocycles. The summed E-state index contributed by atoms with van der Waals surface area (Å²) in [4.78, 5) is 0. The van der Waals surface area contributed by atoms with Crippen molar-refractivity contribution in [3.63, 3.8) is 0 Å². The van der Waals surface area contributed by atoms with Gasteiger partial charge in [0.15, 0.2) is 11.6 Å². The third kappa shape index (κ3) is 4.55. The van der Waals surface area contributed by atoms with Gasteiger partial charge in [-0.25, -0.2) is 13.2 Å². The van der Waals surface area contributed by atoms with Gasteiger partial charge in [0.1, 0.15) is 11.9 Å². The van der Waals surface area contributed by atoms with Crippen LogP contribution < -0.4 is 0 Å². The second kappa shape index (κ2) is 9.32. The van der Waals surface area contributed by atoms with Crippen LogP contribution in [0, 0.1) is 17.5 Å². The average Bonchev–Trinajstić information content (AvgIpc) is 3.71. The van der Waals surface area contributed by atoms with Gasteiger partial charge in [-0.15, -0.1) is 0 Å². The first kappa shape index (κ1) is 22.2. The van der Waals surface area contributed by atoms with Crippen LogP contribution in [0.1, 0.15) is 28.4 Å². The van der Waals surface area contributed by atoms with Crippen LogP contribution in [0.15, 0.2) is 85.4 Å². The molecule has 1 unspecified atom stereocenters. The van der Waals surface area contributed by atoms with Gasteiger partial charge in [0.2, 0.25) is 0 Å². The summed E-state index contributed by atoms with van der Waals surface area (Å²) in [6, 6.07) is 23.3. The smallest absolute Gasteiger partial charge is 0.166 e. The van der Waals surface area contributed by atoms with E-state index >= 15 is 0 Å². The molecule has 0 saturated carbocycles. The van der Waals surface area contributed by atoms with Crippen LogP contribution in [0.5, 0.6) is 0 Å². The molecule has 4 aromatic rings. The highest BCUT2D eigenvalue weighted by molar-refractivity contribution is 5.67. The molecule has 1 saturated heterocycles. The van der Waals surface area contributed by atoms with Gasteiger partial charge in [-0.05, 0) is 52.3 Å². The summed E-state index contributed by atoms with van der Waals surface area (Å²) in [5.41, 5.74) is 5.40. The molecule has 0 N–H and O–H groups in total. The Balaban J connectivity index is 1.28. The van der Waals surface area contributed by atoms with Crippen molar-refractivity contribution >= 4 is 6.08 Å². The Labute approximate surface area is 197 Å². The van der Waals surface area contributed by atoms with Gasteiger partial charge in [-0.2, -0.15) is 0 Å². The molecule has 4 aromatic carbocycles. The first-order valence-electron chi connectivity index (χ1n) is 11.2. The van der Waals surface area contributed by atoms with E-state index in [1.807, 2.05) is 42.5 Å². The molecular formula is C30H23F3O. The number of benzene rings is 4. The van der Waals surface area contributed by atoms with E-state index in [0.717, 1.165) is 22.3 Å². The summed E-state index contributed by atoms with van der Waals surface area (Å²) in [5, 5.41) is 0. The number of hydrogen-bond acceptors (Lipinski definition) is 1. The lowest BCUT2D eigenvalue weighted by Gasteiger charge is -2.10. The predicted octanol–water partition coefficient (Wildman–Crippen LogP) is 7.94. The van der Waals surface area contributed by atoms with Crippen molar-refractivity contribution in [1.29, 1.82) is 0 Å². The number of aryl methyl sites for hydroxylation is 2. The standard InChI is InChI=1S/C30H23F3O/c1-2-19-3-10-22(11-4-19)25-15-13-23(29(32)30(25)33)12-7-20-5-8-21(9-6-20)24-14-16-26(27(31)17-24)28-18-34-28/h2-6,8-11,13-17,28H,1,7,12,18H2. The number of rotatable bonds is 7. The maximum atomic E-state index is 14.8. The highest BCUT2D eigenvalue weighted by Gasteiger charge is 2.27. The molecule has 5 rings (SSSR count). The molecule has 170 valence electrons.